The fourth-order valence-corrected chi connectivity index (χ4v) is 10.9. The van der Waals surface area contributed by atoms with Crippen molar-refractivity contribution < 1.29 is 19.5 Å². The molecular formula is C72H56N8Zn. The van der Waals surface area contributed by atoms with Crippen molar-refractivity contribution in [3.05, 3.63) is 265 Å². The van der Waals surface area contributed by atoms with Gasteiger partial charge in [0.25, 0.3) is 0 Å². The molecule has 8 bridgehead atoms. The Kier molecular flexibility index (Phi) is 14.4. The average molecular weight is 1100 g/mol. The minimum atomic E-state index is 0. The van der Waals surface area contributed by atoms with Gasteiger partial charge in [-0.15, -0.1) is 22.1 Å². The minimum absolute atomic E-state index is 0. The van der Waals surface area contributed by atoms with Gasteiger partial charge in [-0.3, -0.25) is 0 Å². The van der Waals surface area contributed by atoms with Crippen molar-refractivity contribution >= 4 is 91.9 Å². The third-order valence-electron chi connectivity index (χ3n) is 15.4. The normalized spacial score (nSPS) is 11.5. The zero-order chi connectivity index (χ0) is 54.1. The van der Waals surface area contributed by atoms with E-state index in [2.05, 4.69) is 290 Å². The predicted octanol–water partition coefficient (Wildman–Crippen LogP) is 17.7. The molecule has 3 aromatic heterocycles. The number of rotatable bonds is 12. The molecule has 2 aliphatic heterocycles. The maximum Gasteiger partial charge on any atom is 2.00 e. The summed E-state index contributed by atoms with van der Waals surface area (Å²) in [6, 6.07) is 85.1. The molecule has 0 aliphatic carbocycles. The Hall–Kier alpha value is -9.82. The van der Waals surface area contributed by atoms with E-state index in [-0.39, 0.29) is 19.5 Å². The zero-order valence-corrected chi connectivity index (χ0v) is 48.7. The number of hydrogen-bond donors (Lipinski definition) is 0. The Balaban J connectivity index is 0.00000651. The molecule has 13 rings (SSSR count). The van der Waals surface area contributed by atoms with Crippen LogP contribution in [0.3, 0.4) is 0 Å². The third kappa shape index (κ3) is 10.3. The molecule has 0 saturated heterocycles. The van der Waals surface area contributed by atoms with Crippen molar-refractivity contribution in [2.24, 2.45) is 0 Å². The van der Waals surface area contributed by atoms with Crippen molar-refractivity contribution in [3.63, 3.8) is 0 Å². The number of anilines is 8. The summed E-state index contributed by atoms with van der Waals surface area (Å²) < 4.78 is 0. The van der Waals surface area contributed by atoms with E-state index in [0.29, 0.717) is 0 Å². The SMILES string of the molecule is CN(c1ccccc1)c1ccc(-c2c3nc(c(-c4ccc(N(C)c5ccccc5)cc4)c4ccc([n-]4)c(-c4ccc(N(C)c5ccccc5)cc4)c4nc(c(-c5ccc(N(C)c6ccccc6)cc5)c5ccc2[n-]5)C=C4)C=C3)cc1.[Zn+2]. The molecule has 8 nitrogen and oxygen atoms in total. The average Bonchev–Trinajstić information content (AvgIpc) is 4.47. The molecule has 0 radical (unpaired) electrons. The van der Waals surface area contributed by atoms with Gasteiger partial charge < -0.3 is 29.6 Å². The number of benzene rings is 8. The van der Waals surface area contributed by atoms with Crippen molar-refractivity contribution in [1.29, 1.82) is 0 Å². The first-order chi connectivity index (χ1) is 39.3. The van der Waals surface area contributed by atoms with Gasteiger partial charge in [-0.05, 0) is 166 Å². The fraction of sp³-hybridized carbons (Fsp3) is 0.0556. The molecule has 0 spiro atoms. The molecule has 2 aliphatic rings. The van der Waals surface area contributed by atoms with Crippen LogP contribution in [0.25, 0.3) is 90.9 Å². The third-order valence-corrected chi connectivity index (χ3v) is 15.4. The van der Waals surface area contributed by atoms with Gasteiger partial charge in [-0.1, -0.05) is 146 Å². The van der Waals surface area contributed by atoms with Crippen LogP contribution in [-0.4, -0.2) is 38.2 Å². The number of aromatic nitrogens is 4. The molecule has 0 atom stereocenters. The van der Waals surface area contributed by atoms with Crippen LogP contribution in [0.15, 0.2) is 243 Å². The molecule has 0 saturated carbocycles. The maximum absolute atomic E-state index is 5.59. The van der Waals surface area contributed by atoms with Gasteiger partial charge in [0.15, 0.2) is 0 Å². The van der Waals surface area contributed by atoms with Gasteiger partial charge in [-0.25, -0.2) is 9.97 Å². The van der Waals surface area contributed by atoms with Crippen LogP contribution in [0.4, 0.5) is 45.5 Å². The summed E-state index contributed by atoms with van der Waals surface area (Å²) in [7, 11) is 8.39. The fourth-order valence-electron chi connectivity index (χ4n) is 10.9. The summed E-state index contributed by atoms with van der Waals surface area (Å²) in [6.07, 6.45) is 8.52. The van der Waals surface area contributed by atoms with Crippen molar-refractivity contribution in [3.8, 4) is 44.5 Å². The molecule has 9 heteroatoms. The van der Waals surface area contributed by atoms with E-state index in [1.165, 1.54) is 0 Å². The van der Waals surface area contributed by atoms with Crippen molar-refractivity contribution in [2.45, 2.75) is 0 Å². The van der Waals surface area contributed by atoms with Crippen molar-refractivity contribution in [1.82, 2.24) is 19.9 Å². The Morgan fingerprint density at radius 3 is 0.617 bits per heavy atom. The van der Waals surface area contributed by atoms with Crippen LogP contribution in [0.1, 0.15) is 22.8 Å². The summed E-state index contributed by atoms with van der Waals surface area (Å²) in [5, 5.41) is 0. The first kappa shape index (κ1) is 51.9. The summed E-state index contributed by atoms with van der Waals surface area (Å²) in [5.41, 5.74) is 22.8. The van der Waals surface area contributed by atoms with Crippen molar-refractivity contribution in [2.75, 3.05) is 47.8 Å². The molecule has 81 heavy (non-hydrogen) atoms. The van der Waals surface area contributed by atoms with Gasteiger partial charge in [-0.2, -0.15) is 0 Å². The molecule has 0 N–H and O–H groups in total. The Bertz CT molecular complexity index is 3700. The van der Waals surface area contributed by atoms with Crippen LogP contribution in [0, 0.1) is 0 Å². The van der Waals surface area contributed by atoms with Crippen LogP contribution in [-0.2, 0) is 19.5 Å². The minimum Gasteiger partial charge on any atom is -0.657 e. The van der Waals surface area contributed by atoms with E-state index in [1.807, 2.05) is 24.3 Å². The molecule has 5 heterocycles. The Morgan fingerprint density at radius 2 is 0.420 bits per heavy atom. The topological polar surface area (TPSA) is 66.9 Å². The molecule has 0 amide bonds. The first-order valence-corrected chi connectivity index (χ1v) is 26.9. The quantitative estimate of drug-likeness (QED) is 0.112. The van der Waals surface area contributed by atoms with E-state index in [0.717, 1.165) is 135 Å². The molecule has 8 aromatic carbocycles. The number of nitrogens with zero attached hydrogens (tertiary/aromatic N) is 8. The first-order valence-electron chi connectivity index (χ1n) is 26.9. The number of para-hydroxylation sites is 4. The maximum atomic E-state index is 5.59. The van der Waals surface area contributed by atoms with E-state index in [4.69, 9.17) is 19.9 Å². The van der Waals surface area contributed by atoms with Crippen LogP contribution >= 0.6 is 0 Å². The summed E-state index contributed by atoms with van der Waals surface area (Å²) in [6.45, 7) is 0. The second kappa shape index (κ2) is 22.5. The van der Waals surface area contributed by atoms with Gasteiger partial charge >= 0.3 is 19.5 Å². The molecule has 11 aromatic rings. The summed E-state index contributed by atoms with van der Waals surface area (Å²) in [4.78, 5) is 31.2. The van der Waals surface area contributed by atoms with Gasteiger partial charge in [0.1, 0.15) is 0 Å². The number of fused-ring (bicyclic) bond motifs is 8. The van der Waals surface area contributed by atoms with Crippen LogP contribution in [0.2, 0.25) is 0 Å². The summed E-state index contributed by atoms with van der Waals surface area (Å²) in [5.74, 6) is 0. The molecule has 0 unspecified atom stereocenters. The predicted molar refractivity (Wildman–Crippen MR) is 337 cm³/mol. The standard InChI is InChI=1S/C72H56N8.Zn/c1-77(53-17-9-5-10-18-53)57-33-25-49(26-34-57)69-61-41-43-63(73-61)70(50-27-35-58(36-28-50)78(2)54-19-11-6-12-20-54)65-45-47-67(75-65)72(52-31-39-60(40-32-52)80(4)56-23-15-8-16-24-56)68-48-46-66(76-68)71(64-44-42-62(69)74-64)51-29-37-59(38-30-51)79(3)55-21-13-7-14-22-55;/h5-48H,1-4H3;/q-2;+2. The van der Waals surface area contributed by atoms with E-state index in [1.54, 1.807) is 0 Å². The second-order valence-corrected chi connectivity index (χ2v) is 20.1. The summed E-state index contributed by atoms with van der Waals surface area (Å²) >= 11 is 0. The van der Waals surface area contributed by atoms with Gasteiger partial charge in [0.05, 0.1) is 22.8 Å². The van der Waals surface area contributed by atoms with Crippen LogP contribution in [0.5, 0.6) is 0 Å². The Morgan fingerprint density at radius 1 is 0.235 bits per heavy atom. The smallest absolute Gasteiger partial charge is 0.657 e. The van der Waals surface area contributed by atoms with Gasteiger partial charge in [0, 0.05) is 73.7 Å². The zero-order valence-electron chi connectivity index (χ0n) is 45.7. The largest absolute Gasteiger partial charge is 2.00 e. The molecule has 386 valence electrons. The molecule has 0 fully saturated rings. The van der Waals surface area contributed by atoms with E-state index >= 15 is 0 Å². The van der Waals surface area contributed by atoms with E-state index in [9.17, 15) is 0 Å². The number of hydrogen-bond acceptors (Lipinski definition) is 6. The Labute approximate surface area is 486 Å². The monoisotopic (exact) mass is 1100 g/mol. The molecular weight excluding hydrogens is 1040 g/mol. The van der Waals surface area contributed by atoms with E-state index < -0.39 is 0 Å². The van der Waals surface area contributed by atoms with Gasteiger partial charge in [0.2, 0.25) is 0 Å². The van der Waals surface area contributed by atoms with Crippen LogP contribution < -0.4 is 29.6 Å². The second-order valence-electron chi connectivity index (χ2n) is 20.1.